The lowest BCUT2D eigenvalue weighted by atomic mass is 9.72. The monoisotopic (exact) mass is 352 g/mol. The second-order valence-corrected chi connectivity index (χ2v) is 6.48. The summed E-state index contributed by atoms with van der Waals surface area (Å²) in [7, 11) is 0. The number of rotatable bonds is 4. The molecule has 0 bridgehead atoms. The van der Waals surface area contributed by atoms with Crippen LogP contribution in [0.25, 0.3) is 5.57 Å². The van der Waals surface area contributed by atoms with Gasteiger partial charge in [-0.15, -0.1) is 0 Å². The summed E-state index contributed by atoms with van der Waals surface area (Å²) in [5.41, 5.74) is 3.59. The van der Waals surface area contributed by atoms with E-state index in [4.69, 9.17) is 4.74 Å². The fourth-order valence-corrected chi connectivity index (χ4v) is 3.54. The van der Waals surface area contributed by atoms with Crippen molar-refractivity contribution in [2.24, 2.45) is 5.92 Å². The van der Waals surface area contributed by atoms with Crippen LogP contribution < -0.4 is 0 Å². The molecule has 0 aromatic heterocycles. The third-order valence-electron chi connectivity index (χ3n) is 4.81. The lowest BCUT2D eigenvalue weighted by molar-refractivity contribution is -0.151. The number of allylic oxidation sites excluding steroid dienone is 2. The normalized spacial score (nSPS) is 19.8. The Balaban J connectivity index is 2.04. The maximum absolute atomic E-state index is 13.2. The van der Waals surface area contributed by atoms with Gasteiger partial charge in [-0.05, 0) is 60.7 Å². The second-order valence-electron chi connectivity index (χ2n) is 6.48. The Bertz CT molecular complexity index is 852. The molecule has 1 aliphatic rings. The van der Waals surface area contributed by atoms with Gasteiger partial charge in [0.15, 0.2) is 5.78 Å². The van der Waals surface area contributed by atoms with Crippen LogP contribution in [0.1, 0.15) is 36.0 Å². The van der Waals surface area contributed by atoms with E-state index >= 15 is 0 Å². The van der Waals surface area contributed by atoms with Crippen LogP contribution in [0, 0.1) is 18.7 Å². The van der Waals surface area contributed by atoms with Crippen molar-refractivity contribution in [2.45, 2.75) is 26.2 Å². The molecule has 0 amide bonds. The Hall–Kier alpha value is -2.75. The van der Waals surface area contributed by atoms with Crippen LogP contribution in [0.15, 0.2) is 54.6 Å². The van der Waals surface area contributed by atoms with Crippen LogP contribution in [0.4, 0.5) is 4.39 Å². The first-order valence-electron chi connectivity index (χ1n) is 8.73. The minimum absolute atomic E-state index is 0.234. The van der Waals surface area contributed by atoms with Gasteiger partial charge in [0, 0.05) is 5.92 Å². The summed E-state index contributed by atoms with van der Waals surface area (Å²) in [6.07, 6.45) is 2.02. The first-order chi connectivity index (χ1) is 12.5. The van der Waals surface area contributed by atoms with Crippen LogP contribution in [-0.2, 0) is 14.3 Å². The molecule has 0 fully saturated rings. The van der Waals surface area contributed by atoms with Crippen molar-refractivity contribution in [3.63, 3.8) is 0 Å². The third-order valence-corrected chi connectivity index (χ3v) is 4.81. The van der Waals surface area contributed by atoms with Gasteiger partial charge in [-0.2, -0.15) is 0 Å². The Labute approximate surface area is 152 Å². The molecule has 0 spiro atoms. The van der Waals surface area contributed by atoms with Crippen molar-refractivity contribution in [3.8, 4) is 0 Å². The van der Waals surface area contributed by atoms with Gasteiger partial charge in [0.2, 0.25) is 0 Å². The summed E-state index contributed by atoms with van der Waals surface area (Å²) in [5, 5.41) is 0. The Morgan fingerprint density at radius 2 is 1.85 bits per heavy atom. The standard InChI is InChI=1S/C22H21FO3/c1-3-26-22(25)21-19(18-7-5-4-6-14(18)2)12-16(13-20(21)24)15-8-10-17(23)11-9-15/h4-11,13,19,21H,3,12H2,1-2H3. The van der Waals surface area contributed by atoms with Crippen LogP contribution in [-0.4, -0.2) is 18.4 Å². The summed E-state index contributed by atoms with van der Waals surface area (Å²) in [6, 6.07) is 13.8. The lowest BCUT2D eigenvalue weighted by Gasteiger charge is -2.30. The van der Waals surface area contributed by atoms with Gasteiger partial charge in [-0.1, -0.05) is 36.4 Å². The van der Waals surface area contributed by atoms with Gasteiger partial charge < -0.3 is 4.74 Å². The van der Waals surface area contributed by atoms with Gasteiger partial charge in [-0.25, -0.2) is 4.39 Å². The van der Waals surface area contributed by atoms with Gasteiger partial charge >= 0.3 is 5.97 Å². The van der Waals surface area contributed by atoms with Gasteiger partial charge in [0.25, 0.3) is 0 Å². The van der Waals surface area contributed by atoms with Crippen LogP contribution in [0.2, 0.25) is 0 Å². The molecule has 0 saturated carbocycles. The molecule has 0 heterocycles. The van der Waals surface area contributed by atoms with Gasteiger partial charge in [-0.3, -0.25) is 9.59 Å². The smallest absolute Gasteiger partial charge is 0.317 e. The van der Waals surface area contributed by atoms with E-state index in [0.717, 1.165) is 22.3 Å². The number of carbonyl (C=O) groups is 2. The fourth-order valence-electron chi connectivity index (χ4n) is 3.54. The number of benzene rings is 2. The van der Waals surface area contributed by atoms with E-state index in [9.17, 15) is 14.0 Å². The fraction of sp³-hybridized carbons (Fsp3) is 0.273. The maximum atomic E-state index is 13.2. The number of ether oxygens (including phenoxy) is 1. The van der Waals surface area contributed by atoms with Crippen molar-refractivity contribution in [2.75, 3.05) is 6.61 Å². The van der Waals surface area contributed by atoms with E-state index < -0.39 is 11.9 Å². The Kier molecular flexibility index (Phi) is 5.31. The molecule has 3 nitrogen and oxygen atoms in total. The van der Waals surface area contributed by atoms with Gasteiger partial charge in [0.1, 0.15) is 11.7 Å². The first-order valence-corrected chi connectivity index (χ1v) is 8.73. The quantitative estimate of drug-likeness (QED) is 0.603. The second kappa shape index (κ2) is 7.65. The number of esters is 1. The molecule has 2 unspecified atom stereocenters. The van der Waals surface area contributed by atoms with Gasteiger partial charge in [0.05, 0.1) is 6.61 Å². The maximum Gasteiger partial charge on any atom is 0.317 e. The lowest BCUT2D eigenvalue weighted by Crippen LogP contribution is -2.34. The Morgan fingerprint density at radius 1 is 1.15 bits per heavy atom. The molecule has 0 N–H and O–H groups in total. The summed E-state index contributed by atoms with van der Waals surface area (Å²) >= 11 is 0. The van der Waals surface area contributed by atoms with Crippen molar-refractivity contribution < 1.29 is 18.7 Å². The van der Waals surface area contributed by atoms with Crippen LogP contribution in [0.5, 0.6) is 0 Å². The van der Waals surface area contributed by atoms with Crippen LogP contribution in [0.3, 0.4) is 0 Å². The van der Waals surface area contributed by atoms with E-state index in [1.807, 2.05) is 31.2 Å². The van der Waals surface area contributed by atoms with Crippen LogP contribution >= 0.6 is 0 Å². The predicted molar refractivity (Wildman–Crippen MR) is 98.0 cm³/mol. The van der Waals surface area contributed by atoms with E-state index in [1.165, 1.54) is 18.2 Å². The highest BCUT2D eigenvalue weighted by Crippen LogP contribution is 2.41. The average Bonchev–Trinajstić information content (AvgIpc) is 2.62. The molecule has 2 aromatic carbocycles. The average molecular weight is 352 g/mol. The largest absolute Gasteiger partial charge is 0.465 e. The zero-order chi connectivity index (χ0) is 18.7. The number of hydrogen-bond acceptors (Lipinski definition) is 3. The molecule has 26 heavy (non-hydrogen) atoms. The third kappa shape index (κ3) is 3.59. The summed E-state index contributed by atoms with van der Waals surface area (Å²) in [5.74, 6) is -2.22. The number of ketones is 1. The van der Waals surface area contributed by atoms with E-state index in [1.54, 1.807) is 19.1 Å². The zero-order valence-electron chi connectivity index (χ0n) is 14.9. The molecular formula is C22H21FO3. The molecule has 4 heteroatoms. The molecule has 0 aliphatic heterocycles. The van der Waals surface area contributed by atoms with E-state index in [-0.39, 0.29) is 24.1 Å². The van der Waals surface area contributed by atoms with E-state index in [2.05, 4.69) is 0 Å². The molecule has 2 aromatic rings. The molecule has 0 radical (unpaired) electrons. The molecule has 0 saturated heterocycles. The van der Waals surface area contributed by atoms with Crippen molar-refractivity contribution >= 4 is 17.3 Å². The number of hydrogen-bond donors (Lipinski definition) is 0. The molecule has 2 atom stereocenters. The SMILES string of the molecule is CCOC(=O)C1C(=O)C=C(c2ccc(F)cc2)CC1c1ccccc1C. The molecule has 3 rings (SSSR count). The topological polar surface area (TPSA) is 43.4 Å². The number of aryl methyl sites for hydroxylation is 1. The predicted octanol–water partition coefficient (Wildman–Crippen LogP) is 4.45. The van der Waals surface area contributed by atoms with E-state index in [0.29, 0.717) is 6.42 Å². The highest BCUT2D eigenvalue weighted by molar-refractivity contribution is 6.10. The number of carbonyl (C=O) groups excluding carboxylic acids is 2. The van der Waals surface area contributed by atoms with Crippen molar-refractivity contribution in [1.82, 2.24) is 0 Å². The molecular weight excluding hydrogens is 331 g/mol. The summed E-state index contributed by atoms with van der Waals surface area (Å²) in [6.45, 7) is 3.93. The molecule has 1 aliphatic carbocycles. The zero-order valence-corrected chi connectivity index (χ0v) is 14.9. The Morgan fingerprint density at radius 3 is 2.50 bits per heavy atom. The summed E-state index contributed by atoms with van der Waals surface area (Å²) < 4.78 is 18.4. The highest BCUT2D eigenvalue weighted by Gasteiger charge is 2.40. The highest BCUT2D eigenvalue weighted by atomic mass is 19.1. The molecule has 134 valence electrons. The minimum atomic E-state index is -0.847. The summed E-state index contributed by atoms with van der Waals surface area (Å²) in [4.78, 5) is 25.3. The van der Waals surface area contributed by atoms with Crippen molar-refractivity contribution in [3.05, 3.63) is 77.1 Å². The first kappa shape index (κ1) is 18.1. The number of halogens is 1. The van der Waals surface area contributed by atoms with Crippen molar-refractivity contribution in [1.29, 1.82) is 0 Å². The minimum Gasteiger partial charge on any atom is -0.465 e.